The number of benzene rings is 1. The number of hydrogen-bond donors (Lipinski definition) is 2. The maximum absolute atomic E-state index is 10.7. The van der Waals surface area contributed by atoms with Crippen LogP contribution in [0.2, 0.25) is 0 Å². The minimum Gasteiger partial charge on any atom is -0.481 e. The van der Waals surface area contributed by atoms with Crippen LogP contribution in [0.15, 0.2) is 23.1 Å². The number of carboxylic acid groups (broad SMARTS) is 1. The Balaban J connectivity index is 3.15. The molecule has 0 heterocycles. The third-order valence-electron chi connectivity index (χ3n) is 2.18. The highest BCUT2D eigenvalue weighted by Gasteiger charge is 2.16. The fourth-order valence-electron chi connectivity index (χ4n) is 1.24. The first-order valence-corrected chi connectivity index (χ1v) is 4.50. The van der Waals surface area contributed by atoms with Crippen LogP contribution in [-0.2, 0) is 4.79 Å². The van der Waals surface area contributed by atoms with Crippen molar-refractivity contribution in [3.63, 3.8) is 0 Å². The molecule has 3 heteroatoms. The van der Waals surface area contributed by atoms with Gasteiger partial charge in [-0.25, -0.2) is 0 Å². The Morgan fingerprint density at radius 1 is 1.54 bits per heavy atom. The second-order valence-electron chi connectivity index (χ2n) is 3.05. The van der Waals surface area contributed by atoms with E-state index in [-0.39, 0.29) is 0 Å². The van der Waals surface area contributed by atoms with Gasteiger partial charge in [0.25, 0.3) is 0 Å². The Morgan fingerprint density at radius 3 is 2.69 bits per heavy atom. The Hall–Kier alpha value is -0.960. The van der Waals surface area contributed by atoms with E-state index in [1.165, 1.54) is 0 Å². The van der Waals surface area contributed by atoms with E-state index >= 15 is 0 Å². The lowest BCUT2D eigenvalue weighted by Gasteiger charge is -2.11. The van der Waals surface area contributed by atoms with E-state index in [1.807, 2.05) is 25.1 Å². The van der Waals surface area contributed by atoms with Crippen molar-refractivity contribution in [1.29, 1.82) is 0 Å². The summed E-state index contributed by atoms with van der Waals surface area (Å²) in [5.74, 6) is -1.27. The molecule has 1 unspecified atom stereocenters. The highest BCUT2D eigenvalue weighted by atomic mass is 32.1. The molecule has 0 radical (unpaired) electrons. The van der Waals surface area contributed by atoms with E-state index in [0.29, 0.717) is 0 Å². The first kappa shape index (κ1) is 10.1. The average Bonchev–Trinajstić information content (AvgIpc) is 2.08. The largest absolute Gasteiger partial charge is 0.481 e. The van der Waals surface area contributed by atoms with Crippen molar-refractivity contribution in [1.82, 2.24) is 0 Å². The van der Waals surface area contributed by atoms with Gasteiger partial charge in [0.1, 0.15) is 0 Å². The molecule has 1 N–H and O–H groups in total. The molecule has 0 aliphatic heterocycles. The van der Waals surface area contributed by atoms with Gasteiger partial charge in [0.15, 0.2) is 0 Å². The summed E-state index contributed by atoms with van der Waals surface area (Å²) in [6, 6.07) is 5.51. The van der Waals surface area contributed by atoms with Crippen LogP contribution in [0.5, 0.6) is 0 Å². The third kappa shape index (κ3) is 2.04. The summed E-state index contributed by atoms with van der Waals surface area (Å²) in [5.41, 5.74) is 1.78. The fourth-order valence-corrected chi connectivity index (χ4v) is 1.46. The van der Waals surface area contributed by atoms with Crippen molar-refractivity contribution in [3.05, 3.63) is 29.3 Å². The van der Waals surface area contributed by atoms with Crippen LogP contribution >= 0.6 is 12.6 Å². The van der Waals surface area contributed by atoms with Gasteiger partial charge in [-0.15, -0.1) is 12.6 Å². The normalized spacial score (nSPS) is 12.5. The fraction of sp³-hybridized carbons (Fsp3) is 0.300. The predicted octanol–water partition coefficient (Wildman–Crippen LogP) is 2.47. The molecule has 1 aromatic carbocycles. The average molecular weight is 196 g/mol. The van der Waals surface area contributed by atoms with Crippen LogP contribution in [0.3, 0.4) is 0 Å². The van der Waals surface area contributed by atoms with Crippen molar-refractivity contribution >= 4 is 18.6 Å². The summed E-state index contributed by atoms with van der Waals surface area (Å²) in [6.07, 6.45) is 0. The summed E-state index contributed by atoms with van der Waals surface area (Å²) in [4.78, 5) is 11.6. The summed E-state index contributed by atoms with van der Waals surface area (Å²) in [7, 11) is 0. The summed E-state index contributed by atoms with van der Waals surface area (Å²) < 4.78 is 0. The van der Waals surface area contributed by atoms with E-state index in [4.69, 9.17) is 5.11 Å². The highest BCUT2D eigenvalue weighted by molar-refractivity contribution is 7.80. The molecule has 2 nitrogen and oxygen atoms in total. The van der Waals surface area contributed by atoms with Gasteiger partial charge in [-0.05, 0) is 31.0 Å². The second kappa shape index (κ2) is 3.83. The number of carbonyl (C=O) groups is 1. The van der Waals surface area contributed by atoms with Crippen LogP contribution in [0.4, 0.5) is 0 Å². The summed E-state index contributed by atoms with van der Waals surface area (Å²) >= 11 is 4.24. The van der Waals surface area contributed by atoms with Crippen molar-refractivity contribution in [3.8, 4) is 0 Å². The molecule has 0 amide bonds. The topological polar surface area (TPSA) is 37.3 Å². The molecule has 0 saturated heterocycles. The van der Waals surface area contributed by atoms with Crippen LogP contribution in [0.25, 0.3) is 0 Å². The maximum atomic E-state index is 10.7. The number of hydrogen-bond acceptors (Lipinski definition) is 2. The molecule has 0 aliphatic rings. The van der Waals surface area contributed by atoms with E-state index in [9.17, 15) is 4.79 Å². The minimum absolute atomic E-state index is 0.466. The quantitative estimate of drug-likeness (QED) is 0.713. The Labute approximate surface area is 83.0 Å². The highest BCUT2D eigenvalue weighted by Crippen LogP contribution is 2.24. The zero-order valence-electron chi connectivity index (χ0n) is 7.61. The molecular formula is C10H12O2S. The second-order valence-corrected chi connectivity index (χ2v) is 3.53. The van der Waals surface area contributed by atoms with Crippen molar-refractivity contribution < 1.29 is 9.90 Å². The first-order chi connectivity index (χ1) is 6.04. The van der Waals surface area contributed by atoms with Crippen LogP contribution in [-0.4, -0.2) is 11.1 Å². The van der Waals surface area contributed by atoms with Crippen LogP contribution in [0.1, 0.15) is 24.0 Å². The molecular weight excluding hydrogens is 184 g/mol. The van der Waals surface area contributed by atoms with Gasteiger partial charge in [-0.1, -0.05) is 12.1 Å². The zero-order chi connectivity index (χ0) is 10.0. The monoisotopic (exact) mass is 196 g/mol. The molecule has 1 rings (SSSR count). The molecule has 70 valence electrons. The number of aliphatic carboxylic acids is 1. The minimum atomic E-state index is -0.804. The maximum Gasteiger partial charge on any atom is 0.310 e. The van der Waals surface area contributed by atoms with Crippen molar-refractivity contribution in [2.45, 2.75) is 24.7 Å². The van der Waals surface area contributed by atoms with E-state index in [1.54, 1.807) is 6.92 Å². The van der Waals surface area contributed by atoms with E-state index < -0.39 is 11.9 Å². The van der Waals surface area contributed by atoms with E-state index in [2.05, 4.69) is 12.6 Å². The molecule has 13 heavy (non-hydrogen) atoms. The van der Waals surface area contributed by atoms with Crippen LogP contribution < -0.4 is 0 Å². The predicted molar refractivity (Wildman–Crippen MR) is 54.5 cm³/mol. The molecule has 0 fully saturated rings. The standard InChI is InChI=1S/C10H12O2S/c1-6-8(7(2)10(11)12)4-3-5-9(6)13/h3-5,7,13H,1-2H3,(H,11,12). The molecule has 0 bridgehead atoms. The van der Waals surface area contributed by atoms with Gasteiger partial charge >= 0.3 is 5.97 Å². The Kier molecular flexibility index (Phi) is 2.98. The van der Waals surface area contributed by atoms with Gasteiger partial charge in [-0.2, -0.15) is 0 Å². The van der Waals surface area contributed by atoms with Crippen molar-refractivity contribution in [2.75, 3.05) is 0 Å². The number of thiol groups is 1. The van der Waals surface area contributed by atoms with Crippen molar-refractivity contribution in [2.24, 2.45) is 0 Å². The summed E-state index contributed by atoms with van der Waals surface area (Å²) in [5, 5.41) is 8.83. The first-order valence-electron chi connectivity index (χ1n) is 4.05. The third-order valence-corrected chi connectivity index (χ3v) is 2.67. The van der Waals surface area contributed by atoms with E-state index in [0.717, 1.165) is 16.0 Å². The van der Waals surface area contributed by atoms with Gasteiger partial charge in [0.2, 0.25) is 0 Å². The Bertz CT molecular complexity index is 334. The lowest BCUT2D eigenvalue weighted by molar-refractivity contribution is -0.138. The molecule has 1 aromatic rings. The van der Waals surface area contributed by atoms with Gasteiger partial charge in [0.05, 0.1) is 5.92 Å². The number of rotatable bonds is 2. The Morgan fingerprint density at radius 2 is 2.15 bits per heavy atom. The van der Waals surface area contributed by atoms with Crippen LogP contribution in [0, 0.1) is 6.92 Å². The van der Waals surface area contributed by atoms with Gasteiger partial charge in [0, 0.05) is 4.90 Å². The molecule has 1 atom stereocenters. The van der Waals surface area contributed by atoms with Gasteiger partial charge < -0.3 is 5.11 Å². The smallest absolute Gasteiger partial charge is 0.310 e. The number of carboxylic acids is 1. The lowest BCUT2D eigenvalue weighted by Crippen LogP contribution is -2.08. The molecule has 0 saturated carbocycles. The molecule has 0 aliphatic carbocycles. The SMILES string of the molecule is Cc1c(S)cccc1C(C)C(=O)O. The summed E-state index contributed by atoms with van der Waals surface area (Å²) in [6.45, 7) is 3.56. The molecule has 0 aromatic heterocycles. The lowest BCUT2D eigenvalue weighted by atomic mass is 9.97. The van der Waals surface area contributed by atoms with Gasteiger partial charge in [-0.3, -0.25) is 4.79 Å². The zero-order valence-corrected chi connectivity index (χ0v) is 8.51. The molecule has 0 spiro atoms.